The minimum absolute atomic E-state index is 0.0668. The zero-order chi connectivity index (χ0) is 33.5. The molecule has 0 radical (unpaired) electrons. The number of hydrogen-bond donors (Lipinski definition) is 5. The second-order valence-electron chi connectivity index (χ2n) is 11.0. The van der Waals surface area contributed by atoms with E-state index in [1.54, 1.807) is 12.1 Å². The number of methoxy groups -OCH3 is 4. The monoisotopic (exact) mass is 647 g/mol. The van der Waals surface area contributed by atoms with Gasteiger partial charge in [-0.2, -0.15) is 0 Å². The van der Waals surface area contributed by atoms with E-state index in [2.05, 4.69) is 5.32 Å². The minimum atomic E-state index is -1.74. The van der Waals surface area contributed by atoms with E-state index in [4.69, 9.17) is 28.4 Å². The van der Waals surface area contributed by atoms with Crippen molar-refractivity contribution < 1.29 is 58.4 Å². The Kier molecular flexibility index (Phi) is 11.8. The van der Waals surface area contributed by atoms with Crippen molar-refractivity contribution in [2.24, 2.45) is 0 Å². The predicted octanol–water partition coefficient (Wildman–Crippen LogP) is 0.755. The Morgan fingerprint density at radius 1 is 0.913 bits per heavy atom. The molecule has 1 unspecified atom stereocenters. The summed E-state index contributed by atoms with van der Waals surface area (Å²) in [4.78, 5) is 38.6. The van der Waals surface area contributed by atoms with E-state index >= 15 is 0 Å². The fourth-order valence-electron chi connectivity index (χ4n) is 5.86. The number of amides is 1. The Hall–Kier alpha value is -3.95. The lowest BCUT2D eigenvalue weighted by Crippen LogP contribution is -2.59. The number of ether oxygens (including phenoxy) is 6. The molecule has 14 nitrogen and oxygen atoms in total. The standard InChI is InChI=1S/C32H41NO13/c1-41-21-12-10-17-18(14-20(21)35)19(11-9-16-13-22(42-2)29(43-3)30(44-4)26(16)17)33-24(36)7-5-6-8-25(37)46-31-27(38)23(15-34)45-32(40)28(31)39/h10,12-14,19,23,27-28,31-32,34,38-40H,5-9,11,15H2,1-4H3,(H,33,36)/t19-,23+,27+,28+,31-,32?/m0/s1. The van der Waals surface area contributed by atoms with Crippen LogP contribution in [0.2, 0.25) is 0 Å². The van der Waals surface area contributed by atoms with Gasteiger partial charge in [-0.1, -0.05) is 6.07 Å². The number of nitrogens with one attached hydrogen (secondary N) is 1. The van der Waals surface area contributed by atoms with E-state index in [0.29, 0.717) is 53.2 Å². The molecule has 1 saturated heterocycles. The molecule has 2 aromatic carbocycles. The molecule has 2 aliphatic rings. The van der Waals surface area contributed by atoms with Gasteiger partial charge in [0.1, 0.15) is 18.3 Å². The molecule has 4 rings (SSSR count). The van der Waals surface area contributed by atoms with Crippen molar-refractivity contribution in [1.82, 2.24) is 5.32 Å². The van der Waals surface area contributed by atoms with Gasteiger partial charge in [0, 0.05) is 18.4 Å². The first-order valence-corrected chi connectivity index (χ1v) is 14.9. The van der Waals surface area contributed by atoms with Crippen molar-refractivity contribution in [3.63, 3.8) is 0 Å². The lowest BCUT2D eigenvalue weighted by molar-refractivity contribution is -0.289. The van der Waals surface area contributed by atoms with Gasteiger partial charge < -0.3 is 54.2 Å². The summed E-state index contributed by atoms with van der Waals surface area (Å²) in [5, 5.41) is 42.4. The SMILES string of the molecule is COc1cc2c(c(OC)c1OC)-c1ccc(OC)c(=O)cc1[C@@H](NC(=O)CCCCC(=O)O[C@H]1[C@H](O)[C@@H](CO)OC(O)[C@@H]1O)CC2. The summed E-state index contributed by atoms with van der Waals surface area (Å²) in [6, 6.07) is 6.10. The maximum atomic E-state index is 13.1. The number of carbonyl (C=O) groups is 2. The molecule has 1 aliphatic carbocycles. The van der Waals surface area contributed by atoms with Crippen LogP contribution >= 0.6 is 0 Å². The highest BCUT2D eigenvalue weighted by Gasteiger charge is 2.46. The van der Waals surface area contributed by atoms with Gasteiger partial charge in [-0.25, -0.2) is 0 Å². The minimum Gasteiger partial charge on any atom is -0.493 e. The summed E-state index contributed by atoms with van der Waals surface area (Å²) in [6.45, 7) is -0.649. The number of carbonyl (C=O) groups excluding carboxylic acids is 2. The topological polar surface area (TPSA) is 200 Å². The lowest BCUT2D eigenvalue weighted by Gasteiger charge is -2.39. The first-order chi connectivity index (χ1) is 22.1. The van der Waals surface area contributed by atoms with E-state index in [1.807, 2.05) is 6.07 Å². The van der Waals surface area contributed by atoms with Crippen molar-refractivity contribution in [3.05, 3.63) is 45.6 Å². The number of rotatable bonds is 12. The zero-order valence-electron chi connectivity index (χ0n) is 26.2. The molecule has 2 aromatic rings. The summed E-state index contributed by atoms with van der Waals surface area (Å²) < 4.78 is 32.3. The number of fused-ring (bicyclic) bond motifs is 3. The second kappa shape index (κ2) is 15.6. The summed E-state index contributed by atoms with van der Waals surface area (Å²) >= 11 is 0. The third-order valence-electron chi connectivity index (χ3n) is 8.20. The van der Waals surface area contributed by atoms with Crippen molar-refractivity contribution >= 4 is 11.9 Å². The van der Waals surface area contributed by atoms with Crippen LogP contribution in [0.3, 0.4) is 0 Å². The van der Waals surface area contributed by atoms with E-state index < -0.39 is 49.3 Å². The molecule has 0 spiro atoms. The Morgan fingerprint density at radius 2 is 1.61 bits per heavy atom. The fourth-order valence-corrected chi connectivity index (χ4v) is 5.86. The van der Waals surface area contributed by atoms with E-state index in [1.165, 1.54) is 34.5 Å². The number of aliphatic hydroxyl groups is 4. The first kappa shape index (κ1) is 34.9. The van der Waals surface area contributed by atoms with Crippen molar-refractivity contribution in [1.29, 1.82) is 0 Å². The molecule has 5 N–H and O–H groups in total. The van der Waals surface area contributed by atoms with Gasteiger partial charge in [-0.05, 0) is 60.6 Å². The summed E-state index contributed by atoms with van der Waals surface area (Å²) in [7, 11) is 5.96. The van der Waals surface area contributed by atoms with E-state index in [9.17, 15) is 34.8 Å². The average Bonchev–Trinajstić information content (AvgIpc) is 3.30. The van der Waals surface area contributed by atoms with E-state index in [0.717, 1.165) is 5.56 Å². The maximum Gasteiger partial charge on any atom is 0.306 e. The third kappa shape index (κ3) is 7.37. The van der Waals surface area contributed by atoms with Crippen LogP contribution in [-0.2, 0) is 25.5 Å². The second-order valence-corrected chi connectivity index (χ2v) is 11.0. The average molecular weight is 648 g/mol. The Labute approximate surface area is 265 Å². The Morgan fingerprint density at radius 3 is 2.26 bits per heavy atom. The summed E-state index contributed by atoms with van der Waals surface area (Å²) in [5.41, 5.74) is 2.46. The maximum absolute atomic E-state index is 13.1. The van der Waals surface area contributed by atoms with E-state index in [-0.39, 0.29) is 36.3 Å². The summed E-state index contributed by atoms with van der Waals surface area (Å²) in [5.74, 6) is 0.376. The molecule has 252 valence electrons. The molecule has 1 heterocycles. The van der Waals surface area contributed by atoms with Crippen LogP contribution in [0.5, 0.6) is 23.0 Å². The Balaban J connectivity index is 1.47. The highest BCUT2D eigenvalue weighted by atomic mass is 16.7. The molecule has 0 aromatic heterocycles. The normalized spacial score (nSPS) is 23.7. The number of aliphatic hydroxyl groups excluding tert-OH is 4. The van der Waals surface area contributed by atoms with Gasteiger partial charge >= 0.3 is 5.97 Å². The number of hydrogen-bond acceptors (Lipinski definition) is 13. The largest absolute Gasteiger partial charge is 0.493 e. The van der Waals surface area contributed by atoms with Gasteiger partial charge in [0.05, 0.1) is 41.1 Å². The number of unbranched alkanes of at least 4 members (excludes halogenated alkanes) is 1. The molecule has 0 bridgehead atoms. The van der Waals surface area contributed by atoms with Crippen LogP contribution in [0.4, 0.5) is 0 Å². The molecule has 6 atom stereocenters. The Bertz CT molecular complexity index is 1460. The van der Waals surface area contributed by atoms with Gasteiger partial charge in [0.25, 0.3) is 0 Å². The van der Waals surface area contributed by atoms with Crippen molar-refractivity contribution in [2.45, 2.75) is 75.3 Å². The van der Waals surface area contributed by atoms with Crippen LogP contribution < -0.4 is 29.7 Å². The lowest BCUT2D eigenvalue weighted by atomic mass is 9.95. The molecular formula is C32H41NO13. The molecule has 0 saturated carbocycles. The van der Waals surface area contributed by atoms with Crippen LogP contribution in [0.15, 0.2) is 29.1 Å². The zero-order valence-corrected chi connectivity index (χ0v) is 26.2. The molecule has 1 fully saturated rings. The predicted molar refractivity (Wildman–Crippen MR) is 162 cm³/mol. The fraction of sp³-hybridized carbons (Fsp3) is 0.531. The first-order valence-electron chi connectivity index (χ1n) is 14.9. The highest BCUT2D eigenvalue weighted by Crippen LogP contribution is 2.50. The number of benzene rings is 1. The van der Waals surface area contributed by atoms with Crippen LogP contribution in [0, 0.1) is 0 Å². The van der Waals surface area contributed by atoms with Gasteiger partial charge in [0.15, 0.2) is 29.6 Å². The smallest absolute Gasteiger partial charge is 0.306 e. The molecule has 14 heteroatoms. The molecule has 46 heavy (non-hydrogen) atoms. The van der Waals surface area contributed by atoms with Crippen LogP contribution in [0.25, 0.3) is 11.1 Å². The van der Waals surface area contributed by atoms with Crippen LogP contribution in [-0.4, -0.2) is 98.1 Å². The highest BCUT2D eigenvalue weighted by molar-refractivity contribution is 5.84. The number of aryl methyl sites for hydroxylation is 1. The van der Waals surface area contributed by atoms with Gasteiger partial charge in [-0.15, -0.1) is 0 Å². The van der Waals surface area contributed by atoms with Gasteiger partial charge in [0.2, 0.25) is 17.1 Å². The van der Waals surface area contributed by atoms with Gasteiger partial charge in [-0.3, -0.25) is 14.4 Å². The number of esters is 1. The van der Waals surface area contributed by atoms with Crippen molar-refractivity contribution in [2.75, 3.05) is 35.0 Å². The van der Waals surface area contributed by atoms with Crippen LogP contribution in [0.1, 0.15) is 49.3 Å². The quantitative estimate of drug-likeness (QED) is 0.160. The third-order valence-corrected chi connectivity index (χ3v) is 8.20. The van der Waals surface area contributed by atoms with Crippen molar-refractivity contribution in [3.8, 4) is 34.1 Å². The molecule has 1 aliphatic heterocycles. The molecule has 1 amide bonds. The molecular weight excluding hydrogens is 606 g/mol. The summed E-state index contributed by atoms with van der Waals surface area (Å²) in [6.07, 6.45) is -6.20.